The molecular weight excluding hydrogens is 737 g/mol. The summed E-state index contributed by atoms with van der Waals surface area (Å²) in [5.74, 6) is 0.729. The van der Waals surface area contributed by atoms with Crippen molar-refractivity contribution in [3.05, 3.63) is 256 Å². The number of allylic oxidation sites excluding steroid dienone is 1. The zero-order valence-corrected chi connectivity index (χ0v) is 34.9. The Labute approximate surface area is 359 Å². The van der Waals surface area contributed by atoms with Crippen molar-refractivity contribution in [1.29, 1.82) is 0 Å². The van der Waals surface area contributed by atoms with E-state index in [9.17, 15) is 0 Å². The molecule has 3 aliphatic rings. The smallest absolute Gasteiger partial charge is 0.160 e. The molecule has 0 unspecified atom stereocenters. The normalized spacial score (nSPS) is 16.9. The largest absolute Gasteiger partial charge is 0.232 e. The van der Waals surface area contributed by atoms with Gasteiger partial charge in [0, 0.05) is 16.5 Å². The van der Waals surface area contributed by atoms with E-state index in [1.807, 2.05) is 0 Å². The second-order valence-corrected chi connectivity index (χ2v) is 17.3. The molecule has 292 valence electrons. The second kappa shape index (κ2) is 14.5. The predicted octanol–water partition coefficient (Wildman–Crippen LogP) is 14.5. The quantitative estimate of drug-likeness (QED) is 0.166. The maximum absolute atomic E-state index is 5.50. The minimum Gasteiger partial charge on any atom is -0.232 e. The van der Waals surface area contributed by atoms with E-state index in [0.717, 1.165) is 52.3 Å². The molecule has 1 aliphatic heterocycles. The van der Waals surface area contributed by atoms with Crippen LogP contribution in [0, 0.1) is 0 Å². The van der Waals surface area contributed by atoms with E-state index < -0.39 is 5.41 Å². The highest BCUT2D eigenvalue weighted by atomic mass is 14.9. The van der Waals surface area contributed by atoms with Gasteiger partial charge in [0.05, 0.1) is 16.8 Å². The van der Waals surface area contributed by atoms with Crippen molar-refractivity contribution in [2.75, 3.05) is 0 Å². The van der Waals surface area contributed by atoms with Crippen LogP contribution >= 0.6 is 0 Å². The number of rotatable bonds is 5. The van der Waals surface area contributed by atoms with E-state index in [2.05, 4.69) is 221 Å². The zero-order chi connectivity index (χ0) is 41.1. The van der Waals surface area contributed by atoms with Crippen LogP contribution in [0.15, 0.2) is 216 Å². The lowest BCUT2D eigenvalue weighted by atomic mass is 9.55. The lowest BCUT2D eigenvalue weighted by molar-refractivity contribution is 0.563. The SMILES string of the molecule is C/C1=C(/c2ccccc2)N=C(c2cccc(-c3ccccc3)c2)N=C(c2cccc(-c3ccc4c(c3)C(C)(C)c3ccccc3C43c4ccccc4-c4ccccc43)c2)CC1. The van der Waals surface area contributed by atoms with Crippen LogP contribution < -0.4 is 0 Å². The summed E-state index contributed by atoms with van der Waals surface area (Å²) in [6, 6.07) is 73.3. The molecular formula is C59H46N2. The van der Waals surface area contributed by atoms with Crippen molar-refractivity contribution >= 4 is 17.2 Å². The van der Waals surface area contributed by atoms with Crippen LogP contribution in [0.5, 0.6) is 0 Å². The van der Waals surface area contributed by atoms with Gasteiger partial charge < -0.3 is 0 Å². The van der Waals surface area contributed by atoms with Crippen molar-refractivity contribution in [2.45, 2.75) is 44.4 Å². The first-order valence-electron chi connectivity index (χ1n) is 21.5. The molecule has 0 saturated carbocycles. The summed E-state index contributed by atoms with van der Waals surface area (Å²) in [4.78, 5) is 10.9. The minimum absolute atomic E-state index is 0.221. The van der Waals surface area contributed by atoms with Gasteiger partial charge in [-0.15, -0.1) is 0 Å². The van der Waals surface area contributed by atoms with Gasteiger partial charge in [0.25, 0.3) is 0 Å². The van der Waals surface area contributed by atoms with E-state index in [0.29, 0.717) is 0 Å². The Morgan fingerprint density at radius 2 is 0.852 bits per heavy atom. The summed E-state index contributed by atoms with van der Waals surface area (Å²) < 4.78 is 0. The molecule has 11 rings (SSSR count). The van der Waals surface area contributed by atoms with Crippen molar-refractivity contribution in [1.82, 2.24) is 0 Å². The van der Waals surface area contributed by atoms with E-state index in [1.54, 1.807) is 0 Å². The highest BCUT2D eigenvalue weighted by Crippen LogP contribution is 2.62. The van der Waals surface area contributed by atoms with Crippen LogP contribution in [0.3, 0.4) is 0 Å². The Balaban J connectivity index is 1.05. The van der Waals surface area contributed by atoms with Crippen molar-refractivity contribution in [2.24, 2.45) is 9.98 Å². The van der Waals surface area contributed by atoms with Gasteiger partial charge in [-0.2, -0.15) is 0 Å². The molecule has 8 aromatic rings. The van der Waals surface area contributed by atoms with Gasteiger partial charge in [0.2, 0.25) is 0 Å². The summed E-state index contributed by atoms with van der Waals surface area (Å²) >= 11 is 0. The summed E-state index contributed by atoms with van der Waals surface area (Å²) in [6.07, 6.45) is 1.67. The number of aliphatic imine (C=N–C) groups is 2. The first-order chi connectivity index (χ1) is 29.9. The van der Waals surface area contributed by atoms with Gasteiger partial charge in [0.1, 0.15) is 0 Å². The molecule has 0 atom stereocenters. The maximum Gasteiger partial charge on any atom is 0.160 e. The fraction of sp³-hybridized carbons (Fsp3) is 0.119. The average Bonchev–Trinajstić information content (AvgIpc) is 3.61. The third-order valence-electron chi connectivity index (χ3n) is 13.5. The molecule has 0 amide bonds. The number of fused-ring (bicyclic) bond motifs is 9. The van der Waals surface area contributed by atoms with Crippen molar-refractivity contribution in [3.8, 4) is 33.4 Å². The molecule has 0 fully saturated rings. The molecule has 0 bridgehead atoms. The van der Waals surface area contributed by atoms with Gasteiger partial charge in [-0.05, 0) is 116 Å². The Bertz CT molecular complexity index is 3060. The van der Waals surface area contributed by atoms with Gasteiger partial charge in [0.15, 0.2) is 5.84 Å². The van der Waals surface area contributed by atoms with E-state index >= 15 is 0 Å². The Morgan fingerprint density at radius 3 is 1.54 bits per heavy atom. The number of nitrogens with zero attached hydrogens (tertiary/aromatic N) is 2. The standard InChI is InChI=1S/C59H46N2/c1-39-32-35-55(60-57(61-56(39)41-20-8-5-9-21-41)46-25-17-22-42(37-46)40-18-6-4-7-19-40)45-24-16-23-43(36-45)44-33-34-53-54(38-44)58(2,3)51-30-14-15-31-52(51)59(53)49-28-12-10-26-47(49)48-27-11-13-29-50(48)59/h4-31,33-34,36-38H,32,35H2,1-3H3/b56-39+,60-55?,61-57?. The summed E-state index contributed by atoms with van der Waals surface area (Å²) in [5.41, 5.74) is 21.5. The van der Waals surface area contributed by atoms with Crippen LogP contribution in [-0.4, -0.2) is 11.5 Å². The van der Waals surface area contributed by atoms with Crippen LogP contribution in [0.4, 0.5) is 0 Å². The predicted molar refractivity (Wildman–Crippen MR) is 255 cm³/mol. The molecule has 2 aliphatic carbocycles. The first kappa shape index (κ1) is 36.9. The van der Waals surface area contributed by atoms with E-state index in [-0.39, 0.29) is 5.41 Å². The third kappa shape index (κ3) is 5.92. The second-order valence-electron chi connectivity index (χ2n) is 17.3. The Morgan fingerprint density at radius 1 is 0.361 bits per heavy atom. The van der Waals surface area contributed by atoms with Gasteiger partial charge in [-0.3, -0.25) is 0 Å². The molecule has 0 saturated heterocycles. The fourth-order valence-electron chi connectivity index (χ4n) is 10.5. The number of benzene rings is 8. The van der Waals surface area contributed by atoms with E-state index in [1.165, 1.54) is 66.8 Å². The number of hydrogen-bond acceptors (Lipinski definition) is 2. The Kier molecular flexibility index (Phi) is 8.79. The Hall–Kier alpha value is -7.16. The number of hydrogen-bond donors (Lipinski definition) is 0. The number of amidine groups is 1. The molecule has 0 radical (unpaired) electrons. The van der Waals surface area contributed by atoms with Crippen LogP contribution in [-0.2, 0) is 10.8 Å². The van der Waals surface area contributed by atoms with E-state index in [4.69, 9.17) is 9.98 Å². The first-order valence-corrected chi connectivity index (χ1v) is 21.5. The highest BCUT2D eigenvalue weighted by molar-refractivity contribution is 6.14. The molecule has 61 heavy (non-hydrogen) atoms. The van der Waals surface area contributed by atoms with Gasteiger partial charge in [-0.1, -0.05) is 196 Å². The molecule has 2 nitrogen and oxygen atoms in total. The van der Waals surface area contributed by atoms with Gasteiger partial charge >= 0.3 is 0 Å². The highest BCUT2D eigenvalue weighted by Gasteiger charge is 2.53. The summed E-state index contributed by atoms with van der Waals surface area (Å²) in [7, 11) is 0. The molecule has 1 spiro atoms. The summed E-state index contributed by atoms with van der Waals surface area (Å²) in [5, 5.41) is 0. The molecule has 8 aromatic carbocycles. The molecule has 2 heteroatoms. The zero-order valence-electron chi connectivity index (χ0n) is 34.9. The molecule has 1 heterocycles. The van der Waals surface area contributed by atoms with Crippen LogP contribution in [0.25, 0.3) is 39.1 Å². The summed E-state index contributed by atoms with van der Waals surface area (Å²) in [6.45, 7) is 7.03. The fourth-order valence-corrected chi connectivity index (χ4v) is 10.5. The maximum atomic E-state index is 5.50. The van der Waals surface area contributed by atoms with Crippen LogP contribution in [0.1, 0.15) is 83.7 Å². The monoisotopic (exact) mass is 782 g/mol. The van der Waals surface area contributed by atoms with Crippen molar-refractivity contribution in [3.63, 3.8) is 0 Å². The molecule has 0 N–H and O–H groups in total. The lowest BCUT2D eigenvalue weighted by Crippen LogP contribution is -2.40. The van der Waals surface area contributed by atoms with Gasteiger partial charge in [-0.25, -0.2) is 9.98 Å². The average molecular weight is 783 g/mol. The van der Waals surface area contributed by atoms with Crippen LogP contribution in [0.2, 0.25) is 0 Å². The topological polar surface area (TPSA) is 24.7 Å². The van der Waals surface area contributed by atoms with Crippen molar-refractivity contribution < 1.29 is 0 Å². The lowest BCUT2D eigenvalue weighted by Gasteiger charge is -2.46. The molecule has 0 aromatic heterocycles. The minimum atomic E-state index is -0.403. The third-order valence-corrected chi connectivity index (χ3v) is 13.5.